The lowest BCUT2D eigenvalue weighted by Gasteiger charge is -2.12. The van der Waals surface area contributed by atoms with Crippen LogP contribution >= 0.6 is 24.2 Å². The molecule has 0 unspecified atom stereocenters. The highest BCUT2D eigenvalue weighted by Gasteiger charge is 2.09. The summed E-state index contributed by atoms with van der Waals surface area (Å²) in [4.78, 5) is 13.5. The van der Waals surface area contributed by atoms with E-state index in [0.29, 0.717) is 12.1 Å². The van der Waals surface area contributed by atoms with Crippen LogP contribution in [-0.4, -0.2) is 18.5 Å². The summed E-state index contributed by atoms with van der Waals surface area (Å²) >= 11 is 1.80. The van der Waals surface area contributed by atoms with Crippen molar-refractivity contribution in [3.8, 4) is 0 Å². The maximum atomic E-state index is 12.2. The molecule has 2 aromatic carbocycles. The van der Waals surface area contributed by atoms with Gasteiger partial charge in [0.25, 0.3) is 5.91 Å². The molecule has 3 nitrogen and oxygen atoms in total. The van der Waals surface area contributed by atoms with E-state index in [0.717, 1.165) is 11.3 Å². The van der Waals surface area contributed by atoms with E-state index in [1.54, 1.807) is 11.8 Å². The average molecular weight is 365 g/mol. The van der Waals surface area contributed by atoms with Crippen molar-refractivity contribution in [1.29, 1.82) is 0 Å². The predicted molar refractivity (Wildman–Crippen MR) is 105 cm³/mol. The predicted octanol–water partition coefficient (Wildman–Crippen LogP) is 4.09. The minimum atomic E-state index is -0.0680. The zero-order valence-corrected chi connectivity index (χ0v) is 16.0. The van der Waals surface area contributed by atoms with Gasteiger partial charge in [-0.25, -0.2) is 0 Å². The van der Waals surface area contributed by atoms with Gasteiger partial charge in [-0.15, -0.1) is 24.2 Å². The summed E-state index contributed by atoms with van der Waals surface area (Å²) in [6, 6.07) is 14.2. The molecule has 0 fully saturated rings. The van der Waals surface area contributed by atoms with Gasteiger partial charge in [0.1, 0.15) is 0 Å². The lowest BCUT2D eigenvalue weighted by atomic mass is 10.1. The summed E-state index contributed by atoms with van der Waals surface area (Å²) < 4.78 is 0. The van der Waals surface area contributed by atoms with Crippen LogP contribution in [0.3, 0.4) is 0 Å². The quantitative estimate of drug-likeness (QED) is 0.759. The van der Waals surface area contributed by atoms with Gasteiger partial charge in [0.05, 0.1) is 0 Å². The lowest BCUT2D eigenvalue weighted by molar-refractivity contribution is 0.0941. The Balaban J connectivity index is 0.00000288. The molecule has 3 N–H and O–H groups in total. The largest absolute Gasteiger partial charge is 0.348 e. The van der Waals surface area contributed by atoms with Crippen molar-refractivity contribution >= 4 is 30.1 Å². The molecule has 0 saturated heterocycles. The first-order valence-corrected chi connectivity index (χ1v) is 8.78. The van der Waals surface area contributed by atoms with Gasteiger partial charge in [0.15, 0.2) is 0 Å². The SMILES string of the molecule is Cc1ccc(C)c(SCc2cccc(C(=O)N[C@@H](C)CN)c2)c1.Cl. The van der Waals surface area contributed by atoms with E-state index in [2.05, 4.69) is 43.4 Å². The number of nitrogens with one attached hydrogen (secondary N) is 1. The van der Waals surface area contributed by atoms with Gasteiger partial charge >= 0.3 is 0 Å². The van der Waals surface area contributed by atoms with E-state index in [1.165, 1.54) is 16.0 Å². The van der Waals surface area contributed by atoms with Crippen LogP contribution in [0, 0.1) is 13.8 Å². The Morgan fingerprint density at radius 3 is 2.67 bits per heavy atom. The second-order valence-electron chi connectivity index (χ2n) is 5.87. The number of nitrogens with two attached hydrogens (primary N) is 1. The van der Waals surface area contributed by atoms with Crippen molar-refractivity contribution < 1.29 is 4.79 Å². The molecule has 0 saturated carbocycles. The van der Waals surface area contributed by atoms with Crippen LogP contribution in [0.2, 0.25) is 0 Å². The second kappa shape index (κ2) is 9.72. The Morgan fingerprint density at radius 1 is 1.21 bits per heavy atom. The molecule has 0 aliphatic rings. The van der Waals surface area contributed by atoms with Gasteiger partial charge in [-0.05, 0) is 50.1 Å². The van der Waals surface area contributed by atoms with E-state index in [9.17, 15) is 4.79 Å². The van der Waals surface area contributed by atoms with Gasteiger partial charge in [0.2, 0.25) is 0 Å². The van der Waals surface area contributed by atoms with Crippen molar-refractivity contribution in [2.24, 2.45) is 5.73 Å². The molecule has 2 aromatic rings. The van der Waals surface area contributed by atoms with Crippen molar-refractivity contribution in [3.63, 3.8) is 0 Å². The molecule has 24 heavy (non-hydrogen) atoms. The lowest BCUT2D eigenvalue weighted by Crippen LogP contribution is -2.37. The summed E-state index contributed by atoms with van der Waals surface area (Å²) in [5.41, 5.74) is 9.93. The van der Waals surface area contributed by atoms with E-state index >= 15 is 0 Å². The van der Waals surface area contributed by atoms with Crippen molar-refractivity contribution in [3.05, 3.63) is 64.7 Å². The Hall–Kier alpha value is -1.49. The van der Waals surface area contributed by atoms with Crippen LogP contribution in [0.15, 0.2) is 47.4 Å². The number of carbonyl (C=O) groups excluding carboxylic acids is 1. The molecule has 5 heteroatoms. The molecule has 1 amide bonds. The third-order valence-corrected chi connectivity index (χ3v) is 4.89. The van der Waals surface area contributed by atoms with E-state index in [4.69, 9.17) is 5.73 Å². The van der Waals surface area contributed by atoms with E-state index < -0.39 is 0 Å². The van der Waals surface area contributed by atoms with Gasteiger partial charge in [0, 0.05) is 28.8 Å². The summed E-state index contributed by atoms with van der Waals surface area (Å²) in [5.74, 6) is 0.777. The highest BCUT2D eigenvalue weighted by atomic mass is 35.5. The number of benzene rings is 2. The van der Waals surface area contributed by atoms with Crippen molar-refractivity contribution in [2.45, 2.75) is 37.5 Å². The Bertz CT molecular complexity index is 691. The molecule has 0 spiro atoms. The minimum absolute atomic E-state index is 0. The monoisotopic (exact) mass is 364 g/mol. The van der Waals surface area contributed by atoms with Crippen LogP contribution < -0.4 is 11.1 Å². The molecule has 0 aliphatic carbocycles. The zero-order valence-electron chi connectivity index (χ0n) is 14.3. The van der Waals surface area contributed by atoms with Gasteiger partial charge < -0.3 is 11.1 Å². The first-order chi connectivity index (χ1) is 11.0. The summed E-state index contributed by atoms with van der Waals surface area (Å²) in [6.45, 7) is 6.57. The number of amides is 1. The maximum Gasteiger partial charge on any atom is 0.251 e. The summed E-state index contributed by atoms with van der Waals surface area (Å²) in [6.07, 6.45) is 0. The third kappa shape index (κ3) is 5.86. The highest BCUT2D eigenvalue weighted by molar-refractivity contribution is 7.98. The molecular formula is C19H25ClN2OS. The molecule has 0 aromatic heterocycles. The van der Waals surface area contributed by atoms with Crippen molar-refractivity contribution in [2.75, 3.05) is 6.54 Å². The Labute approximate surface area is 154 Å². The molecule has 1 atom stereocenters. The fourth-order valence-electron chi connectivity index (χ4n) is 2.19. The first kappa shape index (κ1) is 20.6. The molecule has 2 rings (SSSR count). The van der Waals surface area contributed by atoms with Crippen LogP contribution in [0.25, 0.3) is 0 Å². The van der Waals surface area contributed by atoms with E-state index in [1.807, 2.05) is 25.1 Å². The zero-order chi connectivity index (χ0) is 16.8. The number of hydrogen-bond acceptors (Lipinski definition) is 3. The van der Waals surface area contributed by atoms with Crippen LogP contribution in [-0.2, 0) is 5.75 Å². The summed E-state index contributed by atoms with van der Waals surface area (Å²) in [7, 11) is 0. The molecule has 0 bridgehead atoms. The standard InChI is InChI=1S/C19H24N2OS.ClH/c1-13-7-8-14(2)18(9-13)23-12-16-5-4-6-17(10-16)19(22)21-15(3)11-20;/h4-10,15H,11-12,20H2,1-3H3,(H,21,22);1H/t15-;/m0./s1. The summed E-state index contributed by atoms with van der Waals surface area (Å²) in [5, 5.41) is 2.89. The average Bonchev–Trinajstić information content (AvgIpc) is 2.55. The number of rotatable bonds is 6. The molecule has 130 valence electrons. The van der Waals surface area contributed by atoms with E-state index in [-0.39, 0.29) is 24.4 Å². The molecule has 0 aliphatic heterocycles. The van der Waals surface area contributed by atoms with Crippen LogP contribution in [0.1, 0.15) is 34.0 Å². The first-order valence-electron chi connectivity index (χ1n) is 7.79. The normalized spacial score (nSPS) is 11.5. The highest BCUT2D eigenvalue weighted by Crippen LogP contribution is 2.27. The number of hydrogen-bond donors (Lipinski definition) is 2. The maximum absolute atomic E-state index is 12.2. The minimum Gasteiger partial charge on any atom is -0.348 e. The molecule has 0 heterocycles. The smallest absolute Gasteiger partial charge is 0.251 e. The third-order valence-electron chi connectivity index (χ3n) is 3.66. The number of aryl methyl sites for hydroxylation is 2. The Kier molecular flexibility index (Phi) is 8.32. The van der Waals surface area contributed by atoms with Crippen LogP contribution in [0.5, 0.6) is 0 Å². The molecular weight excluding hydrogens is 340 g/mol. The van der Waals surface area contributed by atoms with Gasteiger partial charge in [-0.2, -0.15) is 0 Å². The van der Waals surface area contributed by atoms with Crippen LogP contribution in [0.4, 0.5) is 0 Å². The molecule has 0 radical (unpaired) electrons. The van der Waals surface area contributed by atoms with Gasteiger partial charge in [-0.1, -0.05) is 29.8 Å². The fraction of sp³-hybridized carbons (Fsp3) is 0.316. The number of thioether (sulfide) groups is 1. The fourth-order valence-corrected chi connectivity index (χ4v) is 3.26. The number of halogens is 1. The number of carbonyl (C=O) groups is 1. The van der Waals surface area contributed by atoms with Crippen molar-refractivity contribution in [1.82, 2.24) is 5.32 Å². The topological polar surface area (TPSA) is 55.1 Å². The second-order valence-corrected chi connectivity index (χ2v) is 6.89. The van der Waals surface area contributed by atoms with Gasteiger partial charge in [-0.3, -0.25) is 4.79 Å². The Morgan fingerprint density at radius 2 is 1.96 bits per heavy atom.